The van der Waals surface area contributed by atoms with Crippen LogP contribution in [0.4, 0.5) is 0 Å². The highest BCUT2D eigenvalue weighted by atomic mass is 16.5. The third-order valence-corrected chi connectivity index (χ3v) is 3.10. The van der Waals surface area contributed by atoms with Crippen LogP contribution in [0, 0.1) is 5.92 Å². The molecule has 0 aromatic rings. The summed E-state index contributed by atoms with van der Waals surface area (Å²) in [5, 5.41) is 3.50. The maximum absolute atomic E-state index is 5.66. The Morgan fingerprint density at radius 1 is 1.46 bits per heavy atom. The molecule has 0 aromatic carbocycles. The van der Waals surface area contributed by atoms with E-state index in [0.29, 0.717) is 12.1 Å². The molecule has 13 heavy (non-hydrogen) atoms. The van der Waals surface area contributed by atoms with Crippen LogP contribution in [0.25, 0.3) is 0 Å². The van der Waals surface area contributed by atoms with Crippen LogP contribution >= 0.6 is 0 Å². The van der Waals surface area contributed by atoms with Gasteiger partial charge >= 0.3 is 0 Å². The smallest absolute Gasteiger partial charge is 0.0575 e. The number of hydrogen-bond acceptors (Lipinski definition) is 2. The summed E-state index contributed by atoms with van der Waals surface area (Å²) in [7, 11) is 0. The van der Waals surface area contributed by atoms with E-state index in [4.69, 9.17) is 4.74 Å². The van der Waals surface area contributed by atoms with Crippen molar-refractivity contribution in [1.29, 1.82) is 0 Å². The van der Waals surface area contributed by atoms with Gasteiger partial charge < -0.3 is 10.1 Å². The molecule has 0 spiro atoms. The molecule has 1 fully saturated rings. The Balaban J connectivity index is 2.32. The molecule has 0 radical (unpaired) electrons. The summed E-state index contributed by atoms with van der Waals surface area (Å²) in [6.07, 6.45) is 4.14. The van der Waals surface area contributed by atoms with Crippen molar-refractivity contribution >= 4 is 0 Å². The van der Waals surface area contributed by atoms with Crippen LogP contribution in [-0.2, 0) is 4.74 Å². The number of rotatable bonds is 4. The summed E-state index contributed by atoms with van der Waals surface area (Å²) < 4.78 is 5.66. The summed E-state index contributed by atoms with van der Waals surface area (Å²) in [5.74, 6) is 0.818. The van der Waals surface area contributed by atoms with Crippen LogP contribution in [0.2, 0.25) is 0 Å². The van der Waals surface area contributed by atoms with Gasteiger partial charge in [-0.3, -0.25) is 0 Å². The minimum absolute atomic E-state index is 0.514. The first-order valence-corrected chi connectivity index (χ1v) is 5.62. The molecule has 0 bridgehead atoms. The molecule has 2 heteroatoms. The van der Waals surface area contributed by atoms with Gasteiger partial charge in [0.25, 0.3) is 0 Å². The van der Waals surface area contributed by atoms with Gasteiger partial charge in [0.05, 0.1) is 6.10 Å². The molecule has 3 atom stereocenters. The highest BCUT2D eigenvalue weighted by Crippen LogP contribution is 2.24. The van der Waals surface area contributed by atoms with Crippen molar-refractivity contribution in [3.63, 3.8) is 0 Å². The number of ether oxygens (including phenoxy) is 1. The molecule has 1 heterocycles. The Bertz CT molecular complexity index is 138. The first kappa shape index (κ1) is 11.0. The van der Waals surface area contributed by atoms with Crippen molar-refractivity contribution in [2.24, 2.45) is 5.92 Å². The summed E-state index contributed by atoms with van der Waals surface area (Å²) in [4.78, 5) is 0. The average molecular weight is 185 g/mol. The second-order valence-corrected chi connectivity index (χ2v) is 4.03. The molecular weight excluding hydrogens is 162 g/mol. The number of hydrogen-bond donors (Lipinski definition) is 1. The lowest BCUT2D eigenvalue weighted by Gasteiger charge is -2.33. The molecule has 0 amide bonds. The van der Waals surface area contributed by atoms with Gasteiger partial charge in [-0.15, -0.1) is 0 Å². The minimum atomic E-state index is 0.514. The van der Waals surface area contributed by atoms with Crippen LogP contribution in [-0.4, -0.2) is 25.3 Å². The van der Waals surface area contributed by atoms with Gasteiger partial charge in [0.1, 0.15) is 0 Å². The van der Waals surface area contributed by atoms with Crippen LogP contribution < -0.4 is 5.32 Å². The van der Waals surface area contributed by atoms with E-state index in [-0.39, 0.29) is 0 Å². The lowest BCUT2D eigenvalue weighted by Crippen LogP contribution is -2.39. The summed E-state index contributed by atoms with van der Waals surface area (Å²) in [5.41, 5.74) is 0. The fourth-order valence-corrected chi connectivity index (χ4v) is 2.14. The molecule has 1 N–H and O–H groups in total. The molecule has 0 aliphatic carbocycles. The summed E-state index contributed by atoms with van der Waals surface area (Å²) in [6, 6.07) is 0.656. The van der Waals surface area contributed by atoms with Crippen molar-refractivity contribution < 1.29 is 4.74 Å². The van der Waals surface area contributed by atoms with Crippen molar-refractivity contribution in [1.82, 2.24) is 5.32 Å². The summed E-state index contributed by atoms with van der Waals surface area (Å²) >= 11 is 0. The fraction of sp³-hybridized carbons (Fsp3) is 1.00. The molecular formula is C11H23NO. The van der Waals surface area contributed by atoms with Gasteiger partial charge in [-0.2, -0.15) is 0 Å². The Labute approximate surface area is 82.0 Å². The Hall–Kier alpha value is -0.0800. The van der Waals surface area contributed by atoms with Gasteiger partial charge in [-0.25, -0.2) is 0 Å². The zero-order valence-electron chi connectivity index (χ0n) is 9.18. The second kappa shape index (κ2) is 5.61. The predicted octanol–water partition coefficient (Wildman–Crippen LogP) is 2.19. The standard InChI is InChI=1S/C11H23NO/c1-4-11-8-10(6-7-13-11)9(3)12-5-2/h9-12H,4-8H2,1-3H3. The third-order valence-electron chi connectivity index (χ3n) is 3.10. The first-order chi connectivity index (χ1) is 6.27. The molecule has 3 unspecified atom stereocenters. The molecule has 0 aromatic heterocycles. The van der Waals surface area contributed by atoms with Gasteiger partial charge in [0, 0.05) is 12.6 Å². The van der Waals surface area contributed by atoms with Gasteiger partial charge in [-0.05, 0) is 38.6 Å². The first-order valence-electron chi connectivity index (χ1n) is 5.62. The lowest BCUT2D eigenvalue weighted by molar-refractivity contribution is -0.0171. The maximum Gasteiger partial charge on any atom is 0.0575 e. The third kappa shape index (κ3) is 3.28. The van der Waals surface area contributed by atoms with Crippen molar-refractivity contribution in [3.8, 4) is 0 Å². The van der Waals surface area contributed by atoms with E-state index >= 15 is 0 Å². The second-order valence-electron chi connectivity index (χ2n) is 4.03. The normalized spacial score (nSPS) is 31.6. The molecule has 0 saturated carbocycles. The molecule has 2 nitrogen and oxygen atoms in total. The highest BCUT2D eigenvalue weighted by molar-refractivity contribution is 4.78. The zero-order chi connectivity index (χ0) is 9.68. The van der Waals surface area contributed by atoms with E-state index < -0.39 is 0 Å². The zero-order valence-corrected chi connectivity index (χ0v) is 9.18. The summed E-state index contributed by atoms with van der Waals surface area (Å²) in [6.45, 7) is 8.72. The maximum atomic E-state index is 5.66. The lowest BCUT2D eigenvalue weighted by atomic mass is 9.88. The van der Waals surface area contributed by atoms with Crippen molar-refractivity contribution in [3.05, 3.63) is 0 Å². The van der Waals surface area contributed by atoms with E-state index in [1.54, 1.807) is 0 Å². The average Bonchev–Trinajstić information content (AvgIpc) is 2.18. The Morgan fingerprint density at radius 3 is 2.85 bits per heavy atom. The molecule has 1 aliphatic rings. The number of nitrogens with one attached hydrogen (secondary N) is 1. The van der Waals surface area contributed by atoms with E-state index in [1.807, 2.05) is 0 Å². The van der Waals surface area contributed by atoms with Crippen molar-refractivity contribution in [2.75, 3.05) is 13.2 Å². The van der Waals surface area contributed by atoms with Crippen LogP contribution in [0.15, 0.2) is 0 Å². The van der Waals surface area contributed by atoms with Crippen LogP contribution in [0.1, 0.15) is 40.0 Å². The molecule has 1 rings (SSSR count). The van der Waals surface area contributed by atoms with Crippen LogP contribution in [0.3, 0.4) is 0 Å². The Kier molecular flexibility index (Phi) is 4.74. The fourth-order valence-electron chi connectivity index (χ4n) is 2.14. The van der Waals surface area contributed by atoms with Gasteiger partial charge in [0.15, 0.2) is 0 Å². The molecule has 1 saturated heterocycles. The quantitative estimate of drug-likeness (QED) is 0.725. The van der Waals surface area contributed by atoms with Gasteiger partial charge in [0.2, 0.25) is 0 Å². The predicted molar refractivity (Wildman–Crippen MR) is 55.9 cm³/mol. The van der Waals surface area contributed by atoms with E-state index in [9.17, 15) is 0 Å². The van der Waals surface area contributed by atoms with Crippen molar-refractivity contribution in [2.45, 2.75) is 52.2 Å². The van der Waals surface area contributed by atoms with E-state index in [0.717, 1.165) is 25.5 Å². The monoisotopic (exact) mass is 185 g/mol. The van der Waals surface area contributed by atoms with E-state index in [1.165, 1.54) is 12.8 Å². The minimum Gasteiger partial charge on any atom is -0.378 e. The van der Waals surface area contributed by atoms with Gasteiger partial charge in [-0.1, -0.05) is 13.8 Å². The van der Waals surface area contributed by atoms with E-state index in [2.05, 4.69) is 26.1 Å². The largest absolute Gasteiger partial charge is 0.378 e. The Morgan fingerprint density at radius 2 is 2.23 bits per heavy atom. The molecule has 1 aliphatic heterocycles. The topological polar surface area (TPSA) is 21.3 Å². The highest BCUT2D eigenvalue weighted by Gasteiger charge is 2.24. The van der Waals surface area contributed by atoms with Crippen LogP contribution in [0.5, 0.6) is 0 Å². The molecule has 78 valence electrons. The SMILES string of the molecule is CCNC(C)C1CCOC(CC)C1.